The number of halogens is 2. The molecule has 0 heterocycles. The topological polar surface area (TPSA) is 45.7 Å². The van der Waals surface area contributed by atoms with Gasteiger partial charge in [0, 0.05) is 6.04 Å². The first kappa shape index (κ1) is 18.6. The van der Waals surface area contributed by atoms with Gasteiger partial charge in [-0.3, -0.25) is 5.43 Å². The van der Waals surface area contributed by atoms with E-state index in [9.17, 15) is 8.78 Å². The Hall–Kier alpha value is -1.76. The third-order valence-corrected chi connectivity index (χ3v) is 4.19. The number of hydrogen-bond donors (Lipinski definition) is 2. The molecule has 1 fully saturated rings. The molecule has 0 spiro atoms. The number of nitrogens with zero attached hydrogens (tertiary/aromatic N) is 1. The molecule has 1 aliphatic rings. The van der Waals surface area contributed by atoms with Gasteiger partial charge in [-0.05, 0) is 61.3 Å². The molecule has 0 aromatic heterocycles. The lowest BCUT2D eigenvalue weighted by Gasteiger charge is -2.23. The van der Waals surface area contributed by atoms with Crippen LogP contribution in [0.25, 0.3) is 0 Å². The van der Waals surface area contributed by atoms with Gasteiger partial charge in [0.05, 0.1) is 5.71 Å². The number of alkyl halides is 2. The molecule has 0 radical (unpaired) electrons. The number of benzene rings is 1. The SMILES string of the molecule is CC/C(=N\NC(=S)NC1CCCCC1)c1ccc(OC(F)F)cc1. The molecule has 0 saturated heterocycles. The smallest absolute Gasteiger partial charge is 0.387 e. The van der Waals surface area contributed by atoms with Gasteiger partial charge in [0.2, 0.25) is 0 Å². The van der Waals surface area contributed by atoms with Crippen LogP contribution >= 0.6 is 12.2 Å². The van der Waals surface area contributed by atoms with Crippen LogP contribution in [0.15, 0.2) is 29.4 Å². The van der Waals surface area contributed by atoms with Crippen molar-refractivity contribution >= 4 is 23.0 Å². The van der Waals surface area contributed by atoms with Crippen LogP contribution in [-0.2, 0) is 0 Å². The lowest BCUT2D eigenvalue weighted by molar-refractivity contribution is -0.0498. The van der Waals surface area contributed by atoms with Crippen LogP contribution in [0.5, 0.6) is 5.75 Å². The molecule has 1 aliphatic carbocycles. The minimum absolute atomic E-state index is 0.131. The van der Waals surface area contributed by atoms with E-state index in [1.54, 1.807) is 12.1 Å². The highest BCUT2D eigenvalue weighted by molar-refractivity contribution is 7.80. The Kier molecular flexibility index (Phi) is 7.36. The first-order valence-electron chi connectivity index (χ1n) is 8.26. The molecule has 4 nitrogen and oxygen atoms in total. The van der Waals surface area contributed by atoms with Crippen LogP contribution in [0, 0.1) is 0 Å². The molecular formula is C17H23F2N3OS. The Bertz CT molecular complexity index is 557. The van der Waals surface area contributed by atoms with Crippen LogP contribution in [0.1, 0.15) is 51.0 Å². The van der Waals surface area contributed by atoms with Crippen molar-refractivity contribution in [2.75, 3.05) is 0 Å². The summed E-state index contributed by atoms with van der Waals surface area (Å²) in [7, 11) is 0. The molecule has 132 valence electrons. The molecule has 2 N–H and O–H groups in total. The molecule has 0 bridgehead atoms. The zero-order chi connectivity index (χ0) is 17.4. The van der Waals surface area contributed by atoms with Crippen molar-refractivity contribution < 1.29 is 13.5 Å². The van der Waals surface area contributed by atoms with Crippen LogP contribution < -0.4 is 15.5 Å². The molecule has 1 aromatic rings. The van der Waals surface area contributed by atoms with Crippen molar-refractivity contribution in [1.82, 2.24) is 10.7 Å². The molecule has 0 unspecified atom stereocenters. The summed E-state index contributed by atoms with van der Waals surface area (Å²) in [6.45, 7) is -0.845. The highest BCUT2D eigenvalue weighted by Crippen LogP contribution is 2.17. The summed E-state index contributed by atoms with van der Waals surface area (Å²) in [5.74, 6) is 0.131. The summed E-state index contributed by atoms with van der Waals surface area (Å²) < 4.78 is 28.7. The zero-order valence-electron chi connectivity index (χ0n) is 13.7. The summed E-state index contributed by atoms with van der Waals surface area (Å²) >= 11 is 5.29. The number of thiocarbonyl (C=S) groups is 1. The third-order valence-electron chi connectivity index (χ3n) is 3.98. The highest BCUT2D eigenvalue weighted by Gasteiger charge is 2.13. The van der Waals surface area contributed by atoms with Crippen molar-refractivity contribution in [3.63, 3.8) is 0 Å². The molecular weight excluding hydrogens is 332 g/mol. The Morgan fingerprint density at radius 1 is 1.25 bits per heavy atom. The van der Waals surface area contributed by atoms with E-state index in [0.717, 1.165) is 24.1 Å². The fourth-order valence-electron chi connectivity index (χ4n) is 2.76. The predicted octanol–water partition coefficient (Wildman–Crippen LogP) is 4.20. The van der Waals surface area contributed by atoms with E-state index in [1.807, 2.05) is 6.92 Å². The van der Waals surface area contributed by atoms with Crippen LogP contribution in [0.3, 0.4) is 0 Å². The van der Waals surface area contributed by atoms with E-state index in [-0.39, 0.29) is 5.75 Å². The predicted molar refractivity (Wildman–Crippen MR) is 95.6 cm³/mol. The van der Waals surface area contributed by atoms with Crippen molar-refractivity contribution in [2.24, 2.45) is 5.10 Å². The quantitative estimate of drug-likeness (QED) is 0.456. The Morgan fingerprint density at radius 2 is 1.92 bits per heavy atom. The number of nitrogens with one attached hydrogen (secondary N) is 2. The molecule has 1 aromatic carbocycles. The largest absolute Gasteiger partial charge is 0.435 e. The normalized spacial score (nSPS) is 16.1. The average molecular weight is 355 g/mol. The molecule has 2 rings (SSSR count). The van der Waals surface area contributed by atoms with E-state index >= 15 is 0 Å². The third kappa shape index (κ3) is 6.03. The standard InChI is InChI=1S/C17H23F2N3OS/c1-2-15(12-8-10-14(11-9-12)23-16(18)19)21-22-17(24)20-13-6-4-3-5-7-13/h8-11,13,16H,2-7H2,1H3,(H2,20,22,24)/b21-15+. The van der Waals surface area contributed by atoms with Gasteiger partial charge in [-0.15, -0.1) is 0 Å². The maximum Gasteiger partial charge on any atom is 0.387 e. The fourth-order valence-corrected chi connectivity index (χ4v) is 2.97. The lowest BCUT2D eigenvalue weighted by atomic mass is 9.96. The number of rotatable bonds is 6. The van der Waals surface area contributed by atoms with E-state index in [2.05, 4.69) is 20.6 Å². The summed E-state index contributed by atoms with van der Waals surface area (Å²) in [5.41, 5.74) is 4.52. The van der Waals surface area contributed by atoms with Gasteiger partial charge in [-0.2, -0.15) is 13.9 Å². The van der Waals surface area contributed by atoms with Gasteiger partial charge in [0.1, 0.15) is 5.75 Å². The van der Waals surface area contributed by atoms with Gasteiger partial charge < -0.3 is 10.1 Å². The zero-order valence-corrected chi connectivity index (χ0v) is 14.5. The lowest BCUT2D eigenvalue weighted by Crippen LogP contribution is -2.41. The van der Waals surface area contributed by atoms with Crippen LogP contribution in [0.4, 0.5) is 8.78 Å². The Morgan fingerprint density at radius 3 is 2.50 bits per heavy atom. The summed E-state index contributed by atoms with van der Waals surface area (Å²) in [4.78, 5) is 0. The summed E-state index contributed by atoms with van der Waals surface area (Å²) in [5, 5.41) is 8.15. The second kappa shape index (κ2) is 9.52. The van der Waals surface area contributed by atoms with Gasteiger partial charge in [-0.25, -0.2) is 0 Å². The van der Waals surface area contributed by atoms with Gasteiger partial charge in [0.25, 0.3) is 0 Å². The monoisotopic (exact) mass is 355 g/mol. The summed E-state index contributed by atoms with van der Waals surface area (Å²) in [6.07, 6.45) is 6.72. The van der Waals surface area contributed by atoms with Crippen molar-refractivity contribution in [2.45, 2.75) is 58.1 Å². The van der Waals surface area contributed by atoms with E-state index in [4.69, 9.17) is 12.2 Å². The van der Waals surface area contributed by atoms with E-state index in [1.165, 1.54) is 31.4 Å². The summed E-state index contributed by atoms with van der Waals surface area (Å²) in [6, 6.07) is 6.85. The first-order valence-corrected chi connectivity index (χ1v) is 8.67. The molecule has 7 heteroatoms. The number of hydrogen-bond acceptors (Lipinski definition) is 3. The molecule has 0 atom stereocenters. The molecule has 0 aliphatic heterocycles. The second-order valence-corrected chi connectivity index (χ2v) is 6.14. The maximum absolute atomic E-state index is 12.2. The van der Waals surface area contributed by atoms with Crippen molar-refractivity contribution in [1.29, 1.82) is 0 Å². The van der Waals surface area contributed by atoms with E-state index in [0.29, 0.717) is 17.6 Å². The highest BCUT2D eigenvalue weighted by atomic mass is 32.1. The first-order chi connectivity index (χ1) is 11.6. The minimum atomic E-state index is -2.82. The Labute approximate surface area is 146 Å². The maximum atomic E-state index is 12.2. The van der Waals surface area contributed by atoms with Gasteiger partial charge >= 0.3 is 6.61 Å². The fraction of sp³-hybridized carbons (Fsp3) is 0.529. The molecule has 24 heavy (non-hydrogen) atoms. The van der Waals surface area contributed by atoms with Gasteiger partial charge in [0.15, 0.2) is 5.11 Å². The van der Waals surface area contributed by atoms with Crippen molar-refractivity contribution in [3.8, 4) is 5.75 Å². The van der Waals surface area contributed by atoms with E-state index < -0.39 is 6.61 Å². The minimum Gasteiger partial charge on any atom is -0.435 e. The number of hydrazone groups is 1. The molecule has 1 saturated carbocycles. The van der Waals surface area contributed by atoms with Gasteiger partial charge in [-0.1, -0.05) is 26.2 Å². The van der Waals surface area contributed by atoms with Crippen molar-refractivity contribution in [3.05, 3.63) is 29.8 Å². The molecule has 0 amide bonds. The average Bonchev–Trinajstić information content (AvgIpc) is 2.57. The Balaban J connectivity index is 1.91. The second-order valence-electron chi connectivity index (χ2n) is 5.74. The number of ether oxygens (including phenoxy) is 1. The van der Waals surface area contributed by atoms with Crippen LogP contribution in [-0.4, -0.2) is 23.5 Å². The van der Waals surface area contributed by atoms with Crippen LogP contribution in [0.2, 0.25) is 0 Å².